The summed E-state index contributed by atoms with van der Waals surface area (Å²) in [4.78, 5) is 1.17. The Morgan fingerprint density at radius 2 is 1.96 bits per heavy atom. The minimum Gasteiger partial charge on any atom is -0.212 e. The van der Waals surface area contributed by atoms with Crippen molar-refractivity contribution in [3.8, 4) is 6.07 Å². The molecule has 26 heavy (non-hydrogen) atoms. The Labute approximate surface area is 165 Å². The number of rotatable bonds is 10. The first-order valence-corrected chi connectivity index (χ1v) is 11.4. The molecule has 0 bridgehead atoms. The first kappa shape index (κ1) is 20.9. The molecule has 0 radical (unpaired) electrons. The maximum absolute atomic E-state index is 13.0. The molecule has 1 aromatic heterocycles. The highest BCUT2D eigenvalue weighted by Gasteiger charge is 2.27. The number of thiophene rings is 1. The van der Waals surface area contributed by atoms with Crippen molar-refractivity contribution >= 4 is 33.0 Å². The molecular formula is C19H23ClN2O2S2. The molecule has 0 aliphatic carbocycles. The highest BCUT2D eigenvalue weighted by molar-refractivity contribution is 7.89. The number of sulfonamides is 1. The molecule has 0 aliphatic heterocycles. The van der Waals surface area contributed by atoms with Crippen molar-refractivity contribution in [1.82, 2.24) is 4.31 Å². The lowest BCUT2D eigenvalue weighted by atomic mass is 10.1. The van der Waals surface area contributed by atoms with E-state index in [4.69, 9.17) is 16.9 Å². The topological polar surface area (TPSA) is 61.2 Å². The molecule has 7 heteroatoms. The van der Waals surface area contributed by atoms with Gasteiger partial charge in [0.05, 0.1) is 11.8 Å². The van der Waals surface area contributed by atoms with Crippen LogP contribution >= 0.6 is 22.9 Å². The number of nitrogens with zero attached hydrogens (tertiary/aromatic N) is 2. The lowest BCUT2D eigenvalue weighted by molar-refractivity contribution is 0.328. The standard InChI is InChI=1S/C19H23ClN2O2S2/c1-16(14-19-6-5-12-25-19)22(15-17-7-9-18(20)10-8-17)26(23,24)13-4-2-3-11-21/h5-10,12,16H,2-4,13-15H2,1H3. The number of unbranched alkanes of at least 4 members (excludes halogenated alkanes) is 2. The van der Waals surface area contributed by atoms with Crippen LogP contribution in [-0.4, -0.2) is 24.5 Å². The van der Waals surface area contributed by atoms with E-state index in [1.807, 2.05) is 36.6 Å². The molecule has 0 spiro atoms. The summed E-state index contributed by atoms with van der Waals surface area (Å²) in [5.74, 6) is 0.0665. The molecule has 2 aromatic rings. The number of nitriles is 1. The molecule has 140 valence electrons. The van der Waals surface area contributed by atoms with E-state index in [0.717, 1.165) is 5.56 Å². The average molecular weight is 411 g/mol. The van der Waals surface area contributed by atoms with Crippen LogP contribution in [0.15, 0.2) is 41.8 Å². The third-order valence-corrected chi connectivity index (χ3v) is 7.28. The first-order valence-electron chi connectivity index (χ1n) is 8.55. The van der Waals surface area contributed by atoms with Crippen molar-refractivity contribution in [3.63, 3.8) is 0 Å². The van der Waals surface area contributed by atoms with Gasteiger partial charge in [0.25, 0.3) is 0 Å². The molecular weight excluding hydrogens is 388 g/mol. The van der Waals surface area contributed by atoms with Gasteiger partial charge in [0, 0.05) is 28.9 Å². The number of hydrogen-bond donors (Lipinski definition) is 0. The number of hydrogen-bond acceptors (Lipinski definition) is 4. The minimum absolute atomic E-state index is 0.0665. The van der Waals surface area contributed by atoms with Crippen molar-refractivity contribution < 1.29 is 8.42 Å². The SMILES string of the molecule is CC(Cc1cccs1)N(Cc1ccc(Cl)cc1)S(=O)(=O)CCCCC#N. The molecule has 0 fully saturated rings. The van der Waals surface area contributed by atoms with E-state index < -0.39 is 10.0 Å². The van der Waals surface area contributed by atoms with Crippen molar-refractivity contribution in [3.05, 3.63) is 57.2 Å². The molecule has 0 saturated carbocycles. The van der Waals surface area contributed by atoms with Gasteiger partial charge >= 0.3 is 0 Å². The van der Waals surface area contributed by atoms with Crippen LogP contribution in [0.3, 0.4) is 0 Å². The van der Waals surface area contributed by atoms with Gasteiger partial charge in [0.15, 0.2) is 0 Å². The highest BCUT2D eigenvalue weighted by Crippen LogP contribution is 2.21. The normalized spacial score (nSPS) is 12.8. The van der Waals surface area contributed by atoms with Gasteiger partial charge in [0.1, 0.15) is 0 Å². The number of benzene rings is 1. The van der Waals surface area contributed by atoms with Crippen molar-refractivity contribution in [2.75, 3.05) is 5.75 Å². The first-order chi connectivity index (χ1) is 12.4. The summed E-state index contributed by atoms with van der Waals surface area (Å²) in [7, 11) is -3.42. The average Bonchev–Trinajstić information content (AvgIpc) is 3.11. The summed E-state index contributed by atoms with van der Waals surface area (Å²) >= 11 is 7.57. The Morgan fingerprint density at radius 3 is 2.58 bits per heavy atom. The summed E-state index contributed by atoms with van der Waals surface area (Å²) in [6, 6.07) is 13.2. The molecule has 1 heterocycles. The van der Waals surface area contributed by atoms with E-state index >= 15 is 0 Å². The quantitative estimate of drug-likeness (QED) is 0.525. The fourth-order valence-electron chi connectivity index (χ4n) is 2.73. The molecule has 4 nitrogen and oxygen atoms in total. The van der Waals surface area contributed by atoms with Gasteiger partial charge in [0.2, 0.25) is 10.0 Å². The summed E-state index contributed by atoms with van der Waals surface area (Å²) in [5.41, 5.74) is 0.910. The van der Waals surface area contributed by atoms with Gasteiger partial charge in [-0.3, -0.25) is 0 Å². The van der Waals surface area contributed by atoms with E-state index in [0.29, 0.717) is 37.3 Å². The van der Waals surface area contributed by atoms with Crippen molar-refractivity contribution in [2.24, 2.45) is 0 Å². The fraction of sp³-hybridized carbons (Fsp3) is 0.421. The molecule has 0 N–H and O–H groups in total. The second-order valence-corrected chi connectivity index (χ2v) is 9.75. The molecule has 1 unspecified atom stereocenters. The summed E-state index contributed by atoms with van der Waals surface area (Å²) in [5, 5.41) is 11.3. The Hall–Kier alpha value is -1.39. The molecule has 2 rings (SSSR count). The van der Waals surface area contributed by atoms with E-state index in [9.17, 15) is 8.42 Å². The molecule has 0 aliphatic rings. The molecule has 0 amide bonds. The Morgan fingerprint density at radius 1 is 1.23 bits per heavy atom. The van der Waals surface area contributed by atoms with E-state index in [-0.39, 0.29) is 11.8 Å². The predicted octanol–water partition coefficient (Wildman–Crippen LogP) is 4.86. The van der Waals surface area contributed by atoms with Crippen LogP contribution in [0.1, 0.15) is 36.6 Å². The maximum atomic E-state index is 13.0. The van der Waals surface area contributed by atoms with Crippen LogP contribution in [0, 0.1) is 11.3 Å². The molecule has 1 atom stereocenters. The van der Waals surface area contributed by atoms with Crippen LogP contribution in [0.5, 0.6) is 0 Å². The van der Waals surface area contributed by atoms with Gasteiger partial charge in [-0.25, -0.2) is 8.42 Å². The smallest absolute Gasteiger partial charge is 0.212 e. The van der Waals surface area contributed by atoms with E-state index in [1.165, 1.54) is 4.88 Å². The summed E-state index contributed by atoms with van der Waals surface area (Å²) in [6.45, 7) is 2.27. The maximum Gasteiger partial charge on any atom is 0.214 e. The van der Waals surface area contributed by atoms with Crippen LogP contribution in [0.2, 0.25) is 5.02 Å². The lowest BCUT2D eigenvalue weighted by Gasteiger charge is -2.28. The monoisotopic (exact) mass is 410 g/mol. The lowest BCUT2D eigenvalue weighted by Crippen LogP contribution is -2.40. The van der Waals surface area contributed by atoms with Crippen LogP contribution in [0.25, 0.3) is 0 Å². The summed E-state index contributed by atoms with van der Waals surface area (Å²) < 4.78 is 27.5. The third kappa shape index (κ3) is 6.40. The second-order valence-electron chi connectivity index (χ2n) is 6.24. The van der Waals surface area contributed by atoms with Crippen molar-refractivity contribution in [1.29, 1.82) is 5.26 Å². The van der Waals surface area contributed by atoms with Crippen molar-refractivity contribution in [2.45, 2.75) is 45.2 Å². The predicted molar refractivity (Wildman–Crippen MR) is 108 cm³/mol. The Bertz CT molecular complexity index is 812. The zero-order chi connectivity index (χ0) is 19.0. The van der Waals surface area contributed by atoms with Crippen LogP contribution < -0.4 is 0 Å². The second kappa shape index (κ2) is 10.1. The van der Waals surface area contributed by atoms with Gasteiger partial charge in [-0.15, -0.1) is 11.3 Å². The van der Waals surface area contributed by atoms with E-state index in [2.05, 4.69) is 6.07 Å². The fourth-order valence-corrected chi connectivity index (χ4v) is 5.45. The summed E-state index contributed by atoms with van der Waals surface area (Å²) in [6.07, 6.45) is 2.17. The largest absolute Gasteiger partial charge is 0.214 e. The minimum atomic E-state index is -3.42. The van der Waals surface area contributed by atoms with Gasteiger partial charge < -0.3 is 0 Å². The third-order valence-electron chi connectivity index (χ3n) is 4.12. The van der Waals surface area contributed by atoms with Gasteiger partial charge in [-0.1, -0.05) is 29.8 Å². The molecule has 0 saturated heterocycles. The zero-order valence-electron chi connectivity index (χ0n) is 14.8. The Kier molecular flexibility index (Phi) is 8.11. The van der Waals surface area contributed by atoms with E-state index in [1.54, 1.807) is 27.8 Å². The number of halogens is 1. The van der Waals surface area contributed by atoms with Gasteiger partial charge in [-0.05, 0) is 55.3 Å². The highest BCUT2D eigenvalue weighted by atomic mass is 35.5. The van der Waals surface area contributed by atoms with Gasteiger partial charge in [-0.2, -0.15) is 9.57 Å². The Balaban J connectivity index is 2.16. The zero-order valence-corrected chi connectivity index (χ0v) is 17.2. The molecule has 1 aromatic carbocycles. The van der Waals surface area contributed by atoms with Crippen LogP contribution in [0.4, 0.5) is 0 Å². The van der Waals surface area contributed by atoms with Crippen LogP contribution in [-0.2, 0) is 23.0 Å².